The van der Waals surface area contributed by atoms with Crippen LogP contribution in [0.4, 0.5) is 0 Å². The molecule has 0 aliphatic heterocycles. The van der Waals surface area contributed by atoms with Gasteiger partial charge in [0.25, 0.3) is 5.91 Å². The molecular weight excluding hydrogens is 270 g/mol. The third-order valence-corrected chi connectivity index (χ3v) is 3.21. The van der Waals surface area contributed by atoms with Gasteiger partial charge in [0.2, 0.25) is 0 Å². The molecular formula is C16H17NO4. The predicted octanol–water partition coefficient (Wildman–Crippen LogP) is 2.26. The minimum Gasteiger partial charge on any atom is -0.481 e. The summed E-state index contributed by atoms with van der Waals surface area (Å²) >= 11 is 0. The number of hydrogen-bond donors (Lipinski definition) is 2. The molecule has 0 bridgehead atoms. The van der Waals surface area contributed by atoms with E-state index in [2.05, 4.69) is 5.32 Å². The second-order valence-electron chi connectivity index (χ2n) is 4.95. The van der Waals surface area contributed by atoms with Gasteiger partial charge in [0.05, 0.1) is 17.7 Å². The lowest BCUT2D eigenvalue weighted by Crippen LogP contribution is -2.33. The normalized spacial score (nSPS) is 11.9. The molecule has 1 amide bonds. The number of furan rings is 1. The monoisotopic (exact) mass is 287 g/mol. The van der Waals surface area contributed by atoms with Crippen molar-refractivity contribution in [3.05, 3.63) is 59.5 Å². The number of carbonyl (C=O) groups excluding carboxylic acids is 1. The van der Waals surface area contributed by atoms with E-state index in [1.54, 1.807) is 0 Å². The number of nitrogens with one attached hydrogen (secondary N) is 1. The molecule has 0 spiro atoms. The molecule has 5 heteroatoms. The Hall–Kier alpha value is -2.56. The molecule has 2 rings (SSSR count). The molecule has 110 valence electrons. The lowest BCUT2D eigenvalue weighted by atomic mass is 9.98. The lowest BCUT2D eigenvalue weighted by Gasteiger charge is -2.13. The number of hydrogen-bond acceptors (Lipinski definition) is 3. The van der Waals surface area contributed by atoms with Gasteiger partial charge in [-0.05, 0) is 25.0 Å². The van der Waals surface area contributed by atoms with E-state index >= 15 is 0 Å². The number of carbonyl (C=O) groups is 2. The van der Waals surface area contributed by atoms with Crippen molar-refractivity contribution in [1.29, 1.82) is 0 Å². The molecule has 1 aromatic heterocycles. The van der Waals surface area contributed by atoms with Crippen LogP contribution in [0.5, 0.6) is 0 Å². The van der Waals surface area contributed by atoms with E-state index in [0.717, 1.165) is 11.1 Å². The molecule has 1 aromatic carbocycles. The summed E-state index contributed by atoms with van der Waals surface area (Å²) in [7, 11) is 0. The van der Waals surface area contributed by atoms with Crippen LogP contribution in [0.2, 0.25) is 0 Å². The van der Waals surface area contributed by atoms with E-state index in [1.807, 2.05) is 31.2 Å². The van der Waals surface area contributed by atoms with Crippen LogP contribution in [-0.2, 0) is 11.2 Å². The Bertz CT molecular complexity index is 619. The van der Waals surface area contributed by atoms with Crippen molar-refractivity contribution in [2.45, 2.75) is 13.3 Å². The number of carboxylic acids is 1. The molecule has 21 heavy (non-hydrogen) atoms. The molecule has 1 atom stereocenters. The van der Waals surface area contributed by atoms with Crippen molar-refractivity contribution in [3.63, 3.8) is 0 Å². The highest BCUT2D eigenvalue weighted by atomic mass is 16.4. The van der Waals surface area contributed by atoms with E-state index in [1.165, 1.54) is 18.6 Å². The van der Waals surface area contributed by atoms with E-state index in [4.69, 9.17) is 4.42 Å². The molecule has 5 nitrogen and oxygen atoms in total. The molecule has 0 saturated carbocycles. The third-order valence-electron chi connectivity index (χ3n) is 3.21. The standard InChI is InChI=1S/C16H17NO4/c1-11-3-2-4-12(7-11)8-14(16(19)20)9-17-15(18)13-5-6-21-10-13/h2-7,10,14H,8-9H2,1H3,(H,17,18)(H,19,20). The maximum absolute atomic E-state index is 11.8. The second kappa shape index (κ2) is 6.74. The van der Waals surface area contributed by atoms with Gasteiger partial charge >= 0.3 is 5.97 Å². The smallest absolute Gasteiger partial charge is 0.308 e. The zero-order valence-corrected chi connectivity index (χ0v) is 11.7. The van der Waals surface area contributed by atoms with Crippen LogP contribution in [0, 0.1) is 12.8 Å². The zero-order valence-electron chi connectivity index (χ0n) is 11.7. The van der Waals surface area contributed by atoms with Crippen LogP contribution >= 0.6 is 0 Å². The summed E-state index contributed by atoms with van der Waals surface area (Å²) in [6.07, 6.45) is 3.10. The van der Waals surface area contributed by atoms with Crippen LogP contribution in [0.1, 0.15) is 21.5 Å². The number of carboxylic acid groups (broad SMARTS) is 1. The highest BCUT2D eigenvalue weighted by Crippen LogP contribution is 2.11. The maximum atomic E-state index is 11.8. The number of amides is 1. The lowest BCUT2D eigenvalue weighted by molar-refractivity contribution is -0.141. The molecule has 2 N–H and O–H groups in total. The number of aryl methyl sites for hydroxylation is 1. The van der Waals surface area contributed by atoms with E-state index in [0.29, 0.717) is 12.0 Å². The van der Waals surface area contributed by atoms with Crippen LogP contribution in [0.25, 0.3) is 0 Å². The van der Waals surface area contributed by atoms with Gasteiger partial charge in [0, 0.05) is 6.54 Å². The fourth-order valence-corrected chi connectivity index (χ4v) is 2.08. The average Bonchev–Trinajstić information content (AvgIpc) is 2.97. The van der Waals surface area contributed by atoms with Gasteiger partial charge in [-0.15, -0.1) is 0 Å². The molecule has 2 aromatic rings. The van der Waals surface area contributed by atoms with Crippen LogP contribution < -0.4 is 5.32 Å². The summed E-state index contributed by atoms with van der Waals surface area (Å²) < 4.78 is 4.82. The Morgan fingerprint density at radius 2 is 2.14 bits per heavy atom. The van der Waals surface area contributed by atoms with Crippen LogP contribution in [-0.4, -0.2) is 23.5 Å². The van der Waals surface area contributed by atoms with Crippen molar-refractivity contribution in [1.82, 2.24) is 5.32 Å². The van der Waals surface area contributed by atoms with Gasteiger partial charge in [-0.3, -0.25) is 9.59 Å². The van der Waals surface area contributed by atoms with E-state index < -0.39 is 11.9 Å². The average molecular weight is 287 g/mol. The first kappa shape index (κ1) is 14.8. The van der Waals surface area contributed by atoms with Crippen molar-refractivity contribution in [2.24, 2.45) is 5.92 Å². The Kier molecular flexibility index (Phi) is 4.77. The Balaban J connectivity index is 1.96. The zero-order chi connectivity index (χ0) is 15.2. The Morgan fingerprint density at radius 1 is 1.33 bits per heavy atom. The highest BCUT2D eigenvalue weighted by Gasteiger charge is 2.19. The number of benzene rings is 1. The molecule has 0 aliphatic carbocycles. The first-order chi connectivity index (χ1) is 10.1. The van der Waals surface area contributed by atoms with Gasteiger partial charge in [0.15, 0.2) is 0 Å². The minimum atomic E-state index is -0.927. The number of aliphatic carboxylic acids is 1. The summed E-state index contributed by atoms with van der Waals surface area (Å²) in [6, 6.07) is 9.23. The largest absolute Gasteiger partial charge is 0.481 e. The molecule has 0 radical (unpaired) electrons. The van der Waals surface area contributed by atoms with Crippen molar-refractivity contribution >= 4 is 11.9 Å². The Morgan fingerprint density at radius 3 is 2.76 bits per heavy atom. The van der Waals surface area contributed by atoms with Crippen molar-refractivity contribution in [2.75, 3.05) is 6.54 Å². The van der Waals surface area contributed by atoms with Crippen LogP contribution in [0.3, 0.4) is 0 Å². The Labute approximate surface area is 122 Å². The van der Waals surface area contributed by atoms with Crippen molar-refractivity contribution < 1.29 is 19.1 Å². The van der Waals surface area contributed by atoms with Crippen LogP contribution in [0.15, 0.2) is 47.3 Å². The first-order valence-electron chi connectivity index (χ1n) is 6.65. The van der Waals surface area contributed by atoms with Gasteiger partial charge < -0.3 is 14.8 Å². The fraction of sp³-hybridized carbons (Fsp3) is 0.250. The highest BCUT2D eigenvalue weighted by molar-refractivity contribution is 5.93. The first-order valence-corrected chi connectivity index (χ1v) is 6.65. The summed E-state index contributed by atoms with van der Waals surface area (Å²) in [6.45, 7) is 2.03. The van der Waals surface area contributed by atoms with Crippen molar-refractivity contribution in [3.8, 4) is 0 Å². The quantitative estimate of drug-likeness (QED) is 0.854. The van der Waals surface area contributed by atoms with Gasteiger partial charge in [0.1, 0.15) is 6.26 Å². The topological polar surface area (TPSA) is 79.5 Å². The van der Waals surface area contributed by atoms with Gasteiger partial charge in [-0.2, -0.15) is 0 Å². The maximum Gasteiger partial charge on any atom is 0.308 e. The predicted molar refractivity (Wildman–Crippen MR) is 77.1 cm³/mol. The van der Waals surface area contributed by atoms with E-state index in [9.17, 15) is 14.7 Å². The SMILES string of the molecule is Cc1cccc(CC(CNC(=O)c2ccoc2)C(=O)O)c1. The second-order valence-corrected chi connectivity index (χ2v) is 4.95. The third kappa shape index (κ3) is 4.21. The fourth-order valence-electron chi connectivity index (χ4n) is 2.08. The number of rotatable bonds is 6. The summed E-state index contributed by atoms with van der Waals surface area (Å²) in [4.78, 5) is 23.1. The molecule has 0 aliphatic rings. The summed E-state index contributed by atoms with van der Waals surface area (Å²) in [5, 5.41) is 11.9. The minimum absolute atomic E-state index is 0.0767. The van der Waals surface area contributed by atoms with Gasteiger partial charge in [-0.1, -0.05) is 29.8 Å². The summed E-state index contributed by atoms with van der Waals surface area (Å²) in [5.41, 5.74) is 2.41. The molecule has 0 saturated heterocycles. The molecule has 1 unspecified atom stereocenters. The van der Waals surface area contributed by atoms with E-state index in [-0.39, 0.29) is 12.5 Å². The summed E-state index contributed by atoms with van der Waals surface area (Å²) in [5.74, 6) is -1.93. The molecule has 1 heterocycles. The molecule has 0 fully saturated rings. The van der Waals surface area contributed by atoms with Gasteiger partial charge in [-0.25, -0.2) is 0 Å².